The number of rotatable bonds is 7. The summed E-state index contributed by atoms with van der Waals surface area (Å²) in [5, 5.41) is 3.48. The molecule has 2 aromatic carbocycles. The molecule has 0 aliphatic carbocycles. The maximum Gasteiger partial charge on any atom is 0.180 e. The summed E-state index contributed by atoms with van der Waals surface area (Å²) < 4.78 is 0. The smallest absolute Gasteiger partial charge is 0.180 e. The molecule has 5 aromatic rings. The average Bonchev–Trinajstić information content (AvgIpc) is 3.01. The minimum Gasteiger partial charge on any atom is -0.369 e. The fourth-order valence-corrected chi connectivity index (χ4v) is 4.94. The Labute approximate surface area is 235 Å². The van der Waals surface area contributed by atoms with Gasteiger partial charge in [-0.25, -0.2) is 15.0 Å². The highest BCUT2D eigenvalue weighted by Gasteiger charge is 2.16. The lowest BCUT2D eigenvalue weighted by Gasteiger charge is -2.34. The van der Waals surface area contributed by atoms with Gasteiger partial charge < -0.3 is 15.1 Å². The van der Waals surface area contributed by atoms with Gasteiger partial charge in [0.2, 0.25) is 0 Å². The molecule has 0 saturated carbocycles. The van der Waals surface area contributed by atoms with Gasteiger partial charge in [-0.05, 0) is 55.4 Å². The van der Waals surface area contributed by atoms with Crippen molar-refractivity contribution in [1.82, 2.24) is 24.8 Å². The van der Waals surface area contributed by atoms with Crippen molar-refractivity contribution >= 4 is 11.5 Å². The van der Waals surface area contributed by atoms with Crippen LogP contribution in [0.1, 0.15) is 11.3 Å². The van der Waals surface area contributed by atoms with E-state index < -0.39 is 0 Å². The summed E-state index contributed by atoms with van der Waals surface area (Å²) in [6.07, 6.45) is 3.79. The highest BCUT2D eigenvalue weighted by atomic mass is 15.2. The van der Waals surface area contributed by atoms with Crippen LogP contribution in [0.5, 0.6) is 0 Å². The minimum atomic E-state index is 0.583. The van der Waals surface area contributed by atoms with E-state index in [0.29, 0.717) is 12.4 Å². The number of nitrogens with zero attached hydrogens (tertiary/aromatic N) is 6. The number of anilines is 2. The molecule has 1 N–H and O–H groups in total. The molecule has 0 atom stereocenters. The first-order chi connectivity index (χ1) is 19.6. The quantitative estimate of drug-likeness (QED) is 0.281. The molecule has 0 bridgehead atoms. The van der Waals surface area contributed by atoms with Crippen LogP contribution in [0.25, 0.3) is 33.9 Å². The molecule has 0 radical (unpaired) electrons. The summed E-state index contributed by atoms with van der Waals surface area (Å²) in [6, 6.07) is 29.1. The SMILES string of the molecule is Cc1cccc(-c2nc(NCc3ccccc3)cc(-c3cncc(-c4cccc(N5CCN(C)CC5)c4)c3)n2)n1. The summed E-state index contributed by atoms with van der Waals surface area (Å²) in [7, 11) is 2.18. The fourth-order valence-electron chi connectivity index (χ4n) is 4.94. The molecule has 1 fully saturated rings. The molecule has 0 unspecified atom stereocenters. The fraction of sp³-hybridized carbons (Fsp3) is 0.212. The molecule has 0 amide bonds. The van der Waals surface area contributed by atoms with E-state index >= 15 is 0 Å². The number of aryl methyl sites for hydroxylation is 1. The number of hydrogen-bond acceptors (Lipinski definition) is 7. The van der Waals surface area contributed by atoms with Crippen LogP contribution in [0.3, 0.4) is 0 Å². The van der Waals surface area contributed by atoms with Crippen molar-refractivity contribution in [3.8, 4) is 33.9 Å². The van der Waals surface area contributed by atoms with Gasteiger partial charge in [-0.3, -0.25) is 4.98 Å². The lowest BCUT2D eigenvalue weighted by molar-refractivity contribution is 0.313. The molecule has 0 spiro atoms. The molecule has 3 aromatic heterocycles. The Hall–Kier alpha value is -4.62. The summed E-state index contributed by atoms with van der Waals surface area (Å²) in [5.74, 6) is 1.33. The van der Waals surface area contributed by atoms with Crippen molar-refractivity contribution in [2.24, 2.45) is 0 Å². The second-order valence-corrected chi connectivity index (χ2v) is 10.3. The van der Waals surface area contributed by atoms with Gasteiger partial charge in [0.25, 0.3) is 0 Å². The van der Waals surface area contributed by atoms with E-state index in [4.69, 9.17) is 9.97 Å². The highest BCUT2D eigenvalue weighted by Crippen LogP contribution is 2.30. The maximum absolute atomic E-state index is 4.94. The van der Waals surface area contributed by atoms with E-state index in [2.05, 4.69) is 74.6 Å². The van der Waals surface area contributed by atoms with Gasteiger partial charge in [0.1, 0.15) is 11.5 Å². The van der Waals surface area contributed by atoms with Crippen molar-refractivity contribution in [2.75, 3.05) is 43.4 Å². The third kappa shape index (κ3) is 6.00. The van der Waals surface area contributed by atoms with Gasteiger partial charge in [0.15, 0.2) is 5.82 Å². The number of piperazine rings is 1. The van der Waals surface area contributed by atoms with Gasteiger partial charge in [-0.1, -0.05) is 48.5 Å². The molecule has 1 saturated heterocycles. The summed E-state index contributed by atoms with van der Waals surface area (Å²) in [5.41, 5.74) is 8.03. The first-order valence-corrected chi connectivity index (χ1v) is 13.7. The highest BCUT2D eigenvalue weighted by molar-refractivity contribution is 5.74. The molecular formula is C33H33N7. The van der Waals surface area contributed by atoms with Crippen LogP contribution in [0.15, 0.2) is 97.3 Å². The van der Waals surface area contributed by atoms with Crippen molar-refractivity contribution in [1.29, 1.82) is 0 Å². The van der Waals surface area contributed by atoms with Crippen LogP contribution in [0, 0.1) is 6.92 Å². The maximum atomic E-state index is 4.94. The predicted molar refractivity (Wildman–Crippen MR) is 162 cm³/mol. The summed E-state index contributed by atoms with van der Waals surface area (Å²) >= 11 is 0. The number of aromatic nitrogens is 4. The minimum absolute atomic E-state index is 0.583. The summed E-state index contributed by atoms with van der Waals surface area (Å²) in [6.45, 7) is 6.86. The van der Waals surface area contributed by atoms with E-state index in [1.54, 1.807) is 0 Å². The van der Waals surface area contributed by atoms with Crippen LogP contribution < -0.4 is 10.2 Å². The zero-order valence-corrected chi connectivity index (χ0v) is 23.0. The molecule has 7 heteroatoms. The van der Waals surface area contributed by atoms with Crippen molar-refractivity contribution in [3.05, 3.63) is 109 Å². The van der Waals surface area contributed by atoms with Gasteiger partial charge in [0.05, 0.1) is 5.69 Å². The number of benzene rings is 2. The Morgan fingerprint density at radius 1 is 0.700 bits per heavy atom. The van der Waals surface area contributed by atoms with Crippen molar-refractivity contribution < 1.29 is 0 Å². The van der Waals surface area contributed by atoms with Gasteiger partial charge in [-0.15, -0.1) is 0 Å². The van der Waals surface area contributed by atoms with Crippen LogP contribution in [-0.2, 0) is 6.54 Å². The van der Waals surface area contributed by atoms with Gasteiger partial charge in [0, 0.05) is 73.7 Å². The molecule has 7 nitrogen and oxygen atoms in total. The third-order valence-corrected chi connectivity index (χ3v) is 7.24. The van der Waals surface area contributed by atoms with E-state index in [-0.39, 0.29) is 0 Å². The van der Waals surface area contributed by atoms with Crippen LogP contribution >= 0.6 is 0 Å². The van der Waals surface area contributed by atoms with Crippen LogP contribution in [0.2, 0.25) is 0 Å². The Bertz CT molecular complexity index is 1590. The normalized spacial score (nSPS) is 13.8. The predicted octanol–water partition coefficient (Wildman–Crippen LogP) is 5.94. The van der Waals surface area contributed by atoms with Gasteiger partial charge in [-0.2, -0.15) is 0 Å². The molecule has 4 heterocycles. The molecule has 1 aliphatic rings. The number of nitrogens with one attached hydrogen (secondary N) is 1. The second kappa shape index (κ2) is 11.6. The Morgan fingerprint density at radius 2 is 1.50 bits per heavy atom. The molecule has 6 rings (SSSR count). The standard InChI is InChI=1S/C33H33N7/c1-24-8-6-13-30(36-24)33-37-31(20-32(38-33)35-21-25-9-4-3-5-10-25)28-18-27(22-34-23-28)26-11-7-12-29(19-26)40-16-14-39(2)15-17-40/h3-13,18-20,22-23H,14-17,21H2,1-2H3,(H,35,37,38). The van der Waals surface area contributed by atoms with Crippen LogP contribution in [-0.4, -0.2) is 58.1 Å². The average molecular weight is 528 g/mol. The molecule has 200 valence electrons. The topological polar surface area (TPSA) is 70.1 Å². The second-order valence-electron chi connectivity index (χ2n) is 10.3. The Balaban J connectivity index is 1.34. The zero-order chi connectivity index (χ0) is 27.3. The van der Waals surface area contributed by atoms with E-state index in [0.717, 1.165) is 65.8 Å². The first kappa shape index (κ1) is 25.6. The van der Waals surface area contributed by atoms with E-state index in [9.17, 15) is 0 Å². The molecular weight excluding hydrogens is 494 g/mol. The number of likely N-dealkylation sites (N-methyl/N-ethyl adjacent to an activating group) is 1. The molecule has 40 heavy (non-hydrogen) atoms. The lowest BCUT2D eigenvalue weighted by atomic mass is 10.0. The Morgan fingerprint density at radius 3 is 2.33 bits per heavy atom. The molecule has 1 aliphatic heterocycles. The number of hydrogen-bond donors (Lipinski definition) is 1. The van der Waals surface area contributed by atoms with Gasteiger partial charge >= 0.3 is 0 Å². The third-order valence-electron chi connectivity index (χ3n) is 7.24. The largest absolute Gasteiger partial charge is 0.369 e. The summed E-state index contributed by atoms with van der Waals surface area (Å²) in [4.78, 5) is 23.9. The monoisotopic (exact) mass is 527 g/mol. The van der Waals surface area contributed by atoms with E-state index in [1.165, 1.54) is 11.3 Å². The van der Waals surface area contributed by atoms with Crippen molar-refractivity contribution in [2.45, 2.75) is 13.5 Å². The first-order valence-electron chi connectivity index (χ1n) is 13.7. The number of pyridine rings is 2. The van der Waals surface area contributed by atoms with E-state index in [1.807, 2.05) is 61.8 Å². The zero-order valence-electron chi connectivity index (χ0n) is 23.0. The lowest BCUT2D eigenvalue weighted by Crippen LogP contribution is -2.44. The van der Waals surface area contributed by atoms with Crippen LogP contribution in [0.4, 0.5) is 11.5 Å². The van der Waals surface area contributed by atoms with Crippen molar-refractivity contribution in [3.63, 3.8) is 0 Å². The Kier molecular flexibility index (Phi) is 7.46.